The molecule has 128 valence electrons. The molecule has 1 aliphatic heterocycles. The maximum absolute atomic E-state index is 12.3. The molecule has 0 radical (unpaired) electrons. The molecule has 8 heteroatoms. The van der Waals surface area contributed by atoms with E-state index in [1.807, 2.05) is 0 Å². The van der Waals surface area contributed by atoms with Gasteiger partial charge in [0.25, 0.3) is 0 Å². The fourth-order valence-electron chi connectivity index (χ4n) is 2.43. The highest BCUT2D eigenvalue weighted by molar-refractivity contribution is 6.09. The molecular formula is C17H17N5O3. The molecule has 25 heavy (non-hydrogen) atoms. The predicted molar refractivity (Wildman–Crippen MR) is 91.9 cm³/mol. The normalized spacial score (nSPS) is 12.8. The summed E-state index contributed by atoms with van der Waals surface area (Å²) >= 11 is 0. The number of benzene rings is 1. The van der Waals surface area contributed by atoms with Crippen LogP contribution in [-0.2, 0) is 16.1 Å². The van der Waals surface area contributed by atoms with E-state index in [0.717, 1.165) is 5.56 Å². The molecule has 4 amide bonds. The Hall–Kier alpha value is -3.42. The summed E-state index contributed by atoms with van der Waals surface area (Å²) in [5.41, 5.74) is 2.07. The van der Waals surface area contributed by atoms with Gasteiger partial charge in [-0.2, -0.15) is 0 Å². The summed E-state index contributed by atoms with van der Waals surface area (Å²) < 4.78 is 0. The number of anilines is 2. The molecular weight excluding hydrogens is 322 g/mol. The third-order valence-electron chi connectivity index (χ3n) is 3.66. The molecule has 0 saturated carbocycles. The van der Waals surface area contributed by atoms with Crippen molar-refractivity contribution in [3.63, 3.8) is 0 Å². The predicted octanol–water partition coefficient (Wildman–Crippen LogP) is 0.866. The van der Waals surface area contributed by atoms with Gasteiger partial charge in [-0.3, -0.25) is 19.5 Å². The van der Waals surface area contributed by atoms with E-state index in [9.17, 15) is 14.4 Å². The van der Waals surface area contributed by atoms with E-state index in [0.29, 0.717) is 17.9 Å². The zero-order valence-corrected chi connectivity index (χ0v) is 13.4. The molecule has 1 aliphatic rings. The van der Waals surface area contributed by atoms with E-state index in [1.54, 1.807) is 48.8 Å². The van der Waals surface area contributed by atoms with Crippen molar-refractivity contribution in [3.8, 4) is 0 Å². The highest BCUT2D eigenvalue weighted by Gasteiger charge is 2.26. The summed E-state index contributed by atoms with van der Waals surface area (Å²) in [6, 6.07) is 10.1. The monoisotopic (exact) mass is 339 g/mol. The molecule has 1 aromatic carbocycles. The zero-order valence-electron chi connectivity index (χ0n) is 13.4. The van der Waals surface area contributed by atoms with Crippen LogP contribution in [0.3, 0.4) is 0 Å². The average molecular weight is 339 g/mol. The van der Waals surface area contributed by atoms with Crippen molar-refractivity contribution in [1.29, 1.82) is 0 Å². The summed E-state index contributed by atoms with van der Waals surface area (Å²) in [4.78, 5) is 41.1. The first-order valence-electron chi connectivity index (χ1n) is 7.73. The van der Waals surface area contributed by atoms with Crippen molar-refractivity contribution >= 4 is 29.2 Å². The summed E-state index contributed by atoms with van der Waals surface area (Å²) in [5, 5.41) is 7.94. The number of rotatable bonds is 4. The second-order valence-electron chi connectivity index (χ2n) is 5.44. The lowest BCUT2D eigenvalue weighted by molar-refractivity contribution is -0.120. The van der Waals surface area contributed by atoms with Crippen LogP contribution in [0.25, 0.3) is 0 Å². The lowest BCUT2D eigenvalue weighted by Crippen LogP contribution is -2.49. The molecule has 8 nitrogen and oxygen atoms in total. The summed E-state index contributed by atoms with van der Waals surface area (Å²) in [5.74, 6) is -0.601. The highest BCUT2D eigenvalue weighted by atomic mass is 16.2. The van der Waals surface area contributed by atoms with Crippen LogP contribution in [0.1, 0.15) is 5.56 Å². The molecule has 2 aromatic rings. The maximum atomic E-state index is 12.3. The molecule has 0 aliphatic carbocycles. The second-order valence-corrected chi connectivity index (χ2v) is 5.44. The number of hydrogen-bond acceptors (Lipinski definition) is 4. The molecule has 0 spiro atoms. The quantitative estimate of drug-likeness (QED) is 0.769. The number of pyridine rings is 1. The Morgan fingerprint density at radius 3 is 2.68 bits per heavy atom. The minimum absolute atomic E-state index is 0.0958. The van der Waals surface area contributed by atoms with Gasteiger partial charge in [-0.25, -0.2) is 4.79 Å². The minimum Gasteiger partial charge on any atom is -0.350 e. The summed E-state index contributed by atoms with van der Waals surface area (Å²) in [6.45, 7) is 0.0812. The van der Waals surface area contributed by atoms with E-state index in [4.69, 9.17) is 0 Å². The SMILES string of the molecule is O=C(CNC(=O)N1CC(=O)Nc2ccccc21)NCc1ccncc1. The van der Waals surface area contributed by atoms with Crippen LogP contribution < -0.4 is 20.9 Å². The van der Waals surface area contributed by atoms with Crippen LogP contribution in [-0.4, -0.2) is 35.9 Å². The van der Waals surface area contributed by atoms with Gasteiger partial charge in [0.05, 0.1) is 17.9 Å². The fourth-order valence-corrected chi connectivity index (χ4v) is 2.43. The van der Waals surface area contributed by atoms with Crippen LogP contribution in [0.15, 0.2) is 48.8 Å². The van der Waals surface area contributed by atoms with E-state index in [1.165, 1.54) is 4.90 Å². The summed E-state index contributed by atoms with van der Waals surface area (Å²) in [6.07, 6.45) is 3.28. The number of carbonyl (C=O) groups is 3. The van der Waals surface area contributed by atoms with Gasteiger partial charge in [0.2, 0.25) is 11.8 Å². The van der Waals surface area contributed by atoms with Crippen molar-refractivity contribution in [3.05, 3.63) is 54.4 Å². The first-order valence-corrected chi connectivity index (χ1v) is 7.73. The number of aromatic nitrogens is 1. The molecule has 0 bridgehead atoms. The fraction of sp³-hybridized carbons (Fsp3) is 0.176. The Labute approximate surface area is 144 Å². The number of para-hydroxylation sites is 2. The van der Waals surface area contributed by atoms with Crippen LogP contribution in [0.2, 0.25) is 0 Å². The first-order chi connectivity index (χ1) is 12.1. The Balaban J connectivity index is 1.54. The Morgan fingerprint density at radius 2 is 1.88 bits per heavy atom. The number of urea groups is 1. The Kier molecular flexibility index (Phi) is 4.89. The van der Waals surface area contributed by atoms with Gasteiger partial charge in [-0.05, 0) is 29.8 Å². The zero-order chi connectivity index (χ0) is 17.6. The smallest absolute Gasteiger partial charge is 0.322 e. The molecule has 2 heterocycles. The largest absolute Gasteiger partial charge is 0.350 e. The highest BCUT2D eigenvalue weighted by Crippen LogP contribution is 2.28. The van der Waals surface area contributed by atoms with Crippen molar-refractivity contribution in [2.24, 2.45) is 0 Å². The third kappa shape index (κ3) is 4.11. The number of nitrogens with zero attached hydrogens (tertiary/aromatic N) is 2. The lowest BCUT2D eigenvalue weighted by atomic mass is 10.2. The van der Waals surface area contributed by atoms with Gasteiger partial charge in [-0.15, -0.1) is 0 Å². The molecule has 3 rings (SSSR count). The van der Waals surface area contributed by atoms with Crippen LogP contribution in [0.4, 0.5) is 16.2 Å². The molecule has 0 fully saturated rings. The van der Waals surface area contributed by atoms with Crippen molar-refractivity contribution < 1.29 is 14.4 Å². The van der Waals surface area contributed by atoms with E-state index in [-0.39, 0.29) is 24.9 Å². The van der Waals surface area contributed by atoms with E-state index >= 15 is 0 Å². The van der Waals surface area contributed by atoms with Gasteiger partial charge in [-0.1, -0.05) is 12.1 Å². The van der Waals surface area contributed by atoms with Crippen LogP contribution in [0.5, 0.6) is 0 Å². The molecule has 1 aromatic heterocycles. The Morgan fingerprint density at radius 1 is 1.12 bits per heavy atom. The lowest BCUT2D eigenvalue weighted by Gasteiger charge is -2.29. The van der Waals surface area contributed by atoms with Crippen LogP contribution in [0, 0.1) is 0 Å². The van der Waals surface area contributed by atoms with Gasteiger partial charge >= 0.3 is 6.03 Å². The molecule has 0 atom stereocenters. The molecule has 0 unspecified atom stereocenters. The number of fused-ring (bicyclic) bond motifs is 1. The number of amides is 4. The Bertz CT molecular complexity index is 794. The van der Waals surface area contributed by atoms with Crippen LogP contribution >= 0.6 is 0 Å². The second kappa shape index (κ2) is 7.43. The van der Waals surface area contributed by atoms with Crippen molar-refractivity contribution in [2.75, 3.05) is 23.3 Å². The summed E-state index contributed by atoms with van der Waals surface area (Å²) in [7, 11) is 0. The standard InChI is InChI=1S/C17H17N5O3/c23-15(19-9-12-5-7-18-8-6-12)10-20-17(25)22-11-16(24)21-13-3-1-2-4-14(13)22/h1-8H,9-11H2,(H,19,23)(H,20,25)(H,21,24). The first kappa shape index (κ1) is 16.4. The van der Waals surface area contributed by atoms with Gasteiger partial charge in [0.1, 0.15) is 6.54 Å². The topological polar surface area (TPSA) is 103 Å². The number of nitrogens with one attached hydrogen (secondary N) is 3. The van der Waals surface area contributed by atoms with E-state index in [2.05, 4.69) is 20.9 Å². The maximum Gasteiger partial charge on any atom is 0.322 e. The van der Waals surface area contributed by atoms with Gasteiger partial charge < -0.3 is 16.0 Å². The van der Waals surface area contributed by atoms with Gasteiger partial charge in [0, 0.05) is 18.9 Å². The molecule has 3 N–H and O–H groups in total. The molecule has 0 saturated heterocycles. The number of carbonyl (C=O) groups excluding carboxylic acids is 3. The third-order valence-corrected chi connectivity index (χ3v) is 3.66. The minimum atomic E-state index is -0.499. The van der Waals surface area contributed by atoms with Crippen molar-refractivity contribution in [2.45, 2.75) is 6.54 Å². The average Bonchev–Trinajstić information content (AvgIpc) is 2.64. The van der Waals surface area contributed by atoms with E-state index < -0.39 is 6.03 Å². The van der Waals surface area contributed by atoms with Gasteiger partial charge in [0.15, 0.2) is 0 Å². The van der Waals surface area contributed by atoms with Crippen molar-refractivity contribution in [1.82, 2.24) is 15.6 Å². The number of hydrogen-bond donors (Lipinski definition) is 3.